The summed E-state index contributed by atoms with van der Waals surface area (Å²) >= 11 is 0. The predicted octanol–water partition coefficient (Wildman–Crippen LogP) is 3.85. The van der Waals surface area contributed by atoms with Crippen LogP contribution in [0.2, 0.25) is 0 Å². The van der Waals surface area contributed by atoms with Crippen LogP contribution in [0.5, 0.6) is 0 Å². The molecule has 0 aliphatic heterocycles. The van der Waals surface area contributed by atoms with Gasteiger partial charge in [-0.2, -0.15) is 0 Å². The van der Waals surface area contributed by atoms with Crippen molar-refractivity contribution in [2.45, 2.75) is 13.8 Å². The first-order valence-corrected chi connectivity index (χ1v) is 3.63. The lowest BCUT2D eigenvalue weighted by molar-refractivity contribution is 0.544. The van der Waals surface area contributed by atoms with Crippen LogP contribution >= 0.6 is 0 Å². The first kappa shape index (κ1) is 10.8. The van der Waals surface area contributed by atoms with E-state index in [4.69, 9.17) is 0 Å². The summed E-state index contributed by atoms with van der Waals surface area (Å²) in [6.07, 6.45) is 6.25. The Morgan fingerprint density at radius 2 is 1.50 bits per heavy atom. The van der Waals surface area contributed by atoms with E-state index < -0.39 is 11.7 Å². The molecule has 0 radical (unpaired) electrons. The Balaban J connectivity index is 4.92. The van der Waals surface area contributed by atoms with Gasteiger partial charge in [-0.15, -0.1) is 0 Å². The van der Waals surface area contributed by atoms with Crippen LogP contribution in [0.25, 0.3) is 0 Å². The van der Waals surface area contributed by atoms with Gasteiger partial charge in [-0.1, -0.05) is 30.9 Å². The molecule has 0 rings (SSSR count). The normalized spacial score (nSPS) is 14.0. The molecule has 0 atom stereocenters. The maximum absolute atomic E-state index is 12.9. The second kappa shape index (κ2) is 5.47. The molecule has 0 N–H and O–H groups in total. The quantitative estimate of drug-likeness (QED) is 0.564. The number of hydrogen-bond donors (Lipinski definition) is 0. The zero-order valence-electron chi connectivity index (χ0n) is 7.27. The number of rotatable bonds is 3. The van der Waals surface area contributed by atoms with E-state index in [1.54, 1.807) is 26.0 Å². The summed E-state index contributed by atoms with van der Waals surface area (Å²) in [7, 11) is 0. The molecule has 0 aromatic heterocycles. The molecule has 0 heterocycles. The minimum absolute atomic E-state index is 0.201. The smallest absolute Gasteiger partial charge is 0.165 e. The topological polar surface area (TPSA) is 0 Å². The average Bonchev–Trinajstić information content (AvgIpc) is 2.03. The van der Waals surface area contributed by atoms with Crippen molar-refractivity contribution >= 4 is 0 Å². The third kappa shape index (κ3) is 3.28. The summed E-state index contributed by atoms with van der Waals surface area (Å²) in [4.78, 5) is 0. The fourth-order valence-corrected chi connectivity index (χ4v) is 0.718. The largest absolute Gasteiger partial charge is 0.204 e. The summed E-state index contributed by atoms with van der Waals surface area (Å²) in [5.74, 6) is -1.95. The molecule has 0 saturated heterocycles. The molecule has 0 saturated carbocycles. The van der Waals surface area contributed by atoms with Crippen molar-refractivity contribution in [1.82, 2.24) is 0 Å². The van der Waals surface area contributed by atoms with Gasteiger partial charge >= 0.3 is 0 Å². The summed E-state index contributed by atoms with van der Waals surface area (Å²) < 4.78 is 25.2. The standard InChI is InChI=1S/C10H12F2/c1-4-6-9(7-5-2)10(12)8(3)11/h4-7H,3H2,1-2H3/b6-4-,7-5+,10-9?. The minimum atomic E-state index is -1.04. The van der Waals surface area contributed by atoms with Gasteiger partial charge in [0.2, 0.25) is 0 Å². The molecule has 0 spiro atoms. The lowest BCUT2D eigenvalue weighted by Gasteiger charge is -1.95. The highest BCUT2D eigenvalue weighted by molar-refractivity contribution is 5.38. The summed E-state index contributed by atoms with van der Waals surface area (Å²) in [6, 6.07) is 0. The molecule has 0 bridgehead atoms. The monoisotopic (exact) mass is 170 g/mol. The Kier molecular flexibility index (Phi) is 4.93. The van der Waals surface area contributed by atoms with Gasteiger partial charge in [0.1, 0.15) is 0 Å². The van der Waals surface area contributed by atoms with E-state index >= 15 is 0 Å². The molecule has 2 heteroatoms. The molecular weight excluding hydrogens is 158 g/mol. The maximum Gasteiger partial charge on any atom is 0.165 e. The summed E-state index contributed by atoms with van der Waals surface area (Å²) in [5.41, 5.74) is 0.201. The van der Waals surface area contributed by atoms with E-state index in [1.807, 2.05) is 0 Å². The summed E-state index contributed by atoms with van der Waals surface area (Å²) in [5, 5.41) is 0. The Morgan fingerprint density at radius 3 is 1.75 bits per heavy atom. The zero-order chi connectivity index (χ0) is 9.56. The van der Waals surface area contributed by atoms with Gasteiger partial charge in [0.05, 0.1) is 0 Å². The average molecular weight is 170 g/mol. The number of allylic oxidation sites excluding steroid dienone is 7. The van der Waals surface area contributed by atoms with Crippen molar-refractivity contribution in [2.24, 2.45) is 0 Å². The van der Waals surface area contributed by atoms with E-state index in [0.717, 1.165) is 0 Å². The van der Waals surface area contributed by atoms with Crippen LogP contribution in [0.15, 0.2) is 48.1 Å². The van der Waals surface area contributed by atoms with Crippen molar-refractivity contribution in [3.8, 4) is 0 Å². The van der Waals surface area contributed by atoms with Gasteiger partial charge in [0.15, 0.2) is 11.7 Å². The van der Waals surface area contributed by atoms with Gasteiger partial charge < -0.3 is 0 Å². The van der Waals surface area contributed by atoms with Gasteiger partial charge in [-0.05, 0) is 13.8 Å². The van der Waals surface area contributed by atoms with E-state index in [1.165, 1.54) is 12.2 Å². The fourth-order valence-electron chi connectivity index (χ4n) is 0.718. The first-order chi connectivity index (χ1) is 5.63. The van der Waals surface area contributed by atoms with Crippen LogP contribution in [0, 0.1) is 0 Å². The van der Waals surface area contributed by atoms with Gasteiger partial charge in [0, 0.05) is 5.57 Å². The molecule has 0 aliphatic carbocycles. The minimum Gasteiger partial charge on any atom is -0.204 e. The van der Waals surface area contributed by atoms with Crippen molar-refractivity contribution in [1.29, 1.82) is 0 Å². The molecule has 0 aromatic rings. The number of halogens is 2. The molecule has 0 nitrogen and oxygen atoms in total. The van der Waals surface area contributed by atoms with Crippen LogP contribution < -0.4 is 0 Å². The van der Waals surface area contributed by atoms with Gasteiger partial charge in [-0.3, -0.25) is 0 Å². The van der Waals surface area contributed by atoms with Crippen LogP contribution in [0.1, 0.15) is 13.8 Å². The van der Waals surface area contributed by atoms with E-state index in [-0.39, 0.29) is 5.57 Å². The van der Waals surface area contributed by atoms with Crippen molar-refractivity contribution in [3.05, 3.63) is 48.1 Å². The molecule has 0 amide bonds. The third-order valence-electron chi connectivity index (χ3n) is 1.18. The van der Waals surface area contributed by atoms with Crippen molar-refractivity contribution < 1.29 is 8.78 Å². The highest BCUT2D eigenvalue weighted by Gasteiger charge is 2.03. The van der Waals surface area contributed by atoms with Crippen LogP contribution in [-0.4, -0.2) is 0 Å². The lowest BCUT2D eigenvalue weighted by atomic mass is 10.2. The Morgan fingerprint density at radius 1 is 1.08 bits per heavy atom. The van der Waals surface area contributed by atoms with Crippen LogP contribution in [0.4, 0.5) is 8.78 Å². The molecule has 0 fully saturated rings. The SMILES string of the molecule is C=C(F)C(F)=C(/C=C\C)/C=C/C. The number of hydrogen-bond acceptors (Lipinski definition) is 0. The van der Waals surface area contributed by atoms with Gasteiger partial charge in [-0.25, -0.2) is 8.78 Å². The highest BCUT2D eigenvalue weighted by Crippen LogP contribution is 2.17. The summed E-state index contributed by atoms with van der Waals surface area (Å²) in [6.45, 7) is 6.34. The fraction of sp³-hybridized carbons (Fsp3) is 0.200. The predicted molar refractivity (Wildman–Crippen MR) is 48.0 cm³/mol. The van der Waals surface area contributed by atoms with E-state index in [0.29, 0.717) is 0 Å². The van der Waals surface area contributed by atoms with Gasteiger partial charge in [0.25, 0.3) is 0 Å². The molecule has 0 aliphatic rings. The molecule has 0 unspecified atom stereocenters. The lowest BCUT2D eigenvalue weighted by Crippen LogP contribution is -1.80. The molecular formula is C10H12F2. The van der Waals surface area contributed by atoms with E-state index in [2.05, 4.69) is 6.58 Å². The molecule has 0 aromatic carbocycles. The third-order valence-corrected chi connectivity index (χ3v) is 1.18. The van der Waals surface area contributed by atoms with Crippen molar-refractivity contribution in [3.63, 3.8) is 0 Å². The van der Waals surface area contributed by atoms with Crippen LogP contribution in [-0.2, 0) is 0 Å². The maximum atomic E-state index is 12.9. The Hall–Kier alpha value is -1.18. The Bertz CT molecular complexity index is 231. The Labute approximate surface area is 71.6 Å². The van der Waals surface area contributed by atoms with Crippen LogP contribution in [0.3, 0.4) is 0 Å². The second-order valence-electron chi connectivity index (χ2n) is 2.17. The zero-order valence-corrected chi connectivity index (χ0v) is 7.27. The second-order valence-corrected chi connectivity index (χ2v) is 2.17. The highest BCUT2D eigenvalue weighted by atomic mass is 19.2. The molecule has 66 valence electrons. The molecule has 12 heavy (non-hydrogen) atoms. The first-order valence-electron chi connectivity index (χ1n) is 3.63. The van der Waals surface area contributed by atoms with E-state index in [9.17, 15) is 8.78 Å². The van der Waals surface area contributed by atoms with Crippen molar-refractivity contribution in [2.75, 3.05) is 0 Å².